The normalized spacial score (nSPS) is 10.9. The molecule has 2 aromatic rings. The molecule has 0 saturated carbocycles. The van der Waals surface area contributed by atoms with Gasteiger partial charge < -0.3 is 20.4 Å². The maximum atomic E-state index is 12.1. The van der Waals surface area contributed by atoms with Crippen LogP contribution in [-0.2, 0) is 11.8 Å². The van der Waals surface area contributed by atoms with Gasteiger partial charge in [-0.1, -0.05) is 18.7 Å². The molecule has 2 heterocycles. The number of thioether (sulfide) groups is 1. The van der Waals surface area contributed by atoms with Crippen LogP contribution in [0.25, 0.3) is 11.0 Å². The summed E-state index contributed by atoms with van der Waals surface area (Å²) in [6, 6.07) is 0. The van der Waals surface area contributed by atoms with E-state index < -0.39 is 5.97 Å². The monoisotopic (exact) mass is 323 g/mol. The number of nitrogens with one attached hydrogen (secondary N) is 1. The van der Waals surface area contributed by atoms with Crippen LogP contribution in [0.15, 0.2) is 5.16 Å². The summed E-state index contributed by atoms with van der Waals surface area (Å²) >= 11 is 1.44. The second kappa shape index (κ2) is 6.87. The summed E-state index contributed by atoms with van der Waals surface area (Å²) in [4.78, 5) is 21.1. The van der Waals surface area contributed by atoms with E-state index in [9.17, 15) is 4.79 Å². The molecule has 0 amide bonds. The lowest BCUT2D eigenvalue weighted by Crippen LogP contribution is -2.12. The first-order valence-corrected chi connectivity index (χ1v) is 8.38. The van der Waals surface area contributed by atoms with Gasteiger partial charge in [0.25, 0.3) is 0 Å². The highest BCUT2D eigenvalue weighted by molar-refractivity contribution is 7.98. The summed E-state index contributed by atoms with van der Waals surface area (Å²) in [5, 5.41) is 4.55. The van der Waals surface area contributed by atoms with Crippen molar-refractivity contribution in [1.82, 2.24) is 14.5 Å². The third-order valence-corrected chi connectivity index (χ3v) is 3.79. The van der Waals surface area contributed by atoms with E-state index in [0.29, 0.717) is 40.0 Å². The molecule has 0 aliphatic carbocycles. The van der Waals surface area contributed by atoms with Gasteiger partial charge in [-0.25, -0.2) is 14.8 Å². The number of aryl methyl sites for hydroxylation is 1. The zero-order valence-electron chi connectivity index (χ0n) is 13.3. The summed E-state index contributed by atoms with van der Waals surface area (Å²) in [6.07, 6.45) is 2.86. The van der Waals surface area contributed by atoms with Gasteiger partial charge in [0.2, 0.25) is 0 Å². The van der Waals surface area contributed by atoms with Crippen molar-refractivity contribution in [3.05, 3.63) is 5.69 Å². The van der Waals surface area contributed by atoms with Gasteiger partial charge in [0.05, 0.1) is 17.7 Å². The van der Waals surface area contributed by atoms with Crippen molar-refractivity contribution in [1.29, 1.82) is 0 Å². The standard InChI is InChI=1S/C14H21N5O2S/c1-5-7-16-11-8-9(15)10(13(20)21-6-2)19(3)12(8)18-14(17-11)22-4/h5-7,15H2,1-4H3,(H,16,17,18). The average molecular weight is 323 g/mol. The highest BCUT2D eigenvalue weighted by Crippen LogP contribution is 2.33. The highest BCUT2D eigenvalue weighted by atomic mass is 32.2. The molecule has 120 valence electrons. The number of aromatic nitrogens is 3. The first-order chi connectivity index (χ1) is 10.5. The minimum atomic E-state index is -0.451. The molecule has 7 nitrogen and oxygen atoms in total. The Labute approximate surface area is 133 Å². The fourth-order valence-corrected chi connectivity index (χ4v) is 2.59. The van der Waals surface area contributed by atoms with Gasteiger partial charge in [-0.2, -0.15) is 0 Å². The predicted molar refractivity (Wildman–Crippen MR) is 89.4 cm³/mol. The van der Waals surface area contributed by atoms with Crippen molar-refractivity contribution in [3.63, 3.8) is 0 Å². The Balaban J connectivity index is 2.68. The number of nitrogens with two attached hydrogens (primary N) is 1. The van der Waals surface area contributed by atoms with E-state index in [1.165, 1.54) is 11.8 Å². The number of carbonyl (C=O) groups excluding carboxylic acids is 1. The number of esters is 1. The van der Waals surface area contributed by atoms with Crippen molar-refractivity contribution >= 4 is 40.3 Å². The molecule has 0 fully saturated rings. The molecule has 0 bridgehead atoms. The Bertz CT molecular complexity index is 698. The number of fused-ring (bicyclic) bond motifs is 1. The number of carbonyl (C=O) groups is 1. The molecule has 2 rings (SSSR count). The fourth-order valence-electron chi connectivity index (χ4n) is 2.23. The lowest BCUT2D eigenvalue weighted by atomic mass is 10.2. The first-order valence-electron chi connectivity index (χ1n) is 7.15. The van der Waals surface area contributed by atoms with Gasteiger partial charge >= 0.3 is 5.97 Å². The van der Waals surface area contributed by atoms with Gasteiger partial charge in [-0.05, 0) is 19.6 Å². The van der Waals surface area contributed by atoms with E-state index in [4.69, 9.17) is 10.5 Å². The van der Waals surface area contributed by atoms with E-state index in [-0.39, 0.29) is 0 Å². The minimum Gasteiger partial charge on any atom is -0.461 e. The van der Waals surface area contributed by atoms with E-state index in [2.05, 4.69) is 22.2 Å². The fraction of sp³-hybridized carbons (Fsp3) is 0.500. The van der Waals surface area contributed by atoms with Crippen LogP contribution < -0.4 is 11.1 Å². The smallest absolute Gasteiger partial charge is 0.357 e. The second-order valence-corrected chi connectivity index (χ2v) is 5.50. The van der Waals surface area contributed by atoms with E-state index >= 15 is 0 Å². The van der Waals surface area contributed by atoms with Crippen molar-refractivity contribution in [2.24, 2.45) is 7.05 Å². The number of rotatable bonds is 6. The quantitative estimate of drug-likeness (QED) is 0.478. The molecule has 0 aliphatic rings. The lowest BCUT2D eigenvalue weighted by molar-refractivity contribution is 0.0517. The lowest BCUT2D eigenvalue weighted by Gasteiger charge is -2.07. The zero-order valence-corrected chi connectivity index (χ0v) is 14.1. The molecular formula is C14H21N5O2S. The summed E-state index contributed by atoms with van der Waals surface area (Å²) in [5.74, 6) is 0.201. The van der Waals surface area contributed by atoms with Crippen molar-refractivity contribution in [2.45, 2.75) is 25.4 Å². The molecule has 2 aromatic heterocycles. The Morgan fingerprint density at radius 2 is 2.14 bits per heavy atom. The van der Waals surface area contributed by atoms with E-state index in [1.54, 1.807) is 18.5 Å². The van der Waals surface area contributed by atoms with Crippen LogP contribution >= 0.6 is 11.8 Å². The molecule has 3 N–H and O–H groups in total. The SMILES string of the molecule is CCCNc1nc(SC)nc2c1c(N)c(C(=O)OCC)n2C. The predicted octanol–water partition coefficient (Wildman–Crippen LogP) is 2.27. The van der Waals surface area contributed by atoms with Crippen LogP contribution in [0.4, 0.5) is 11.5 Å². The number of nitrogens with zero attached hydrogens (tertiary/aromatic N) is 3. The number of anilines is 2. The van der Waals surface area contributed by atoms with Gasteiger partial charge in [-0.3, -0.25) is 0 Å². The first kappa shape index (κ1) is 16.4. The van der Waals surface area contributed by atoms with E-state index in [0.717, 1.165) is 13.0 Å². The molecule has 22 heavy (non-hydrogen) atoms. The maximum Gasteiger partial charge on any atom is 0.357 e. The third-order valence-electron chi connectivity index (χ3n) is 3.24. The Kier molecular flexibility index (Phi) is 5.12. The van der Waals surface area contributed by atoms with Crippen LogP contribution in [0.2, 0.25) is 0 Å². The summed E-state index contributed by atoms with van der Waals surface area (Å²) in [6.45, 7) is 4.89. The highest BCUT2D eigenvalue weighted by Gasteiger charge is 2.24. The van der Waals surface area contributed by atoms with Crippen LogP contribution in [0.1, 0.15) is 30.8 Å². The molecule has 0 aliphatic heterocycles. The van der Waals surface area contributed by atoms with Gasteiger partial charge in [0.1, 0.15) is 11.5 Å². The summed E-state index contributed by atoms with van der Waals surface area (Å²) in [5.41, 5.74) is 7.47. The molecule has 0 atom stereocenters. The largest absolute Gasteiger partial charge is 0.461 e. The molecule has 0 saturated heterocycles. The van der Waals surface area contributed by atoms with Crippen LogP contribution in [0.3, 0.4) is 0 Å². The Morgan fingerprint density at radius 1 is 1.41 bits per heavy atom. The molecule has 0 radical (unpaired) electrons. The van der Waals surface area contributed by atoms with Crippen molar-refractivity contribution in [2.75, 3.05) is 30.5 Å². The Morgan fingerprint density at radius 3 is 2.73 bits per heavy atom. The second-order valence-electron chi connectivity index (χ2n) is 4.73. The third kappa shape index (κ3) is 2.83. The van der Waals surface area contributed by atoms with Crippen molar-refractivity contribution in [3.8, 4) is 0 Å². The van der Waals surface area contributed by atoms with Crippen molar-refractivity contribution < 1.29 is 9.53 Å². The number of nitrogen functional groups attached to an aromatic ring is 1. The maximum absolute atomic E-state index is 12.1. The topological polar surface area (TPSA) is 95.1 Å². The average Bonchev–Trinajstić information content (AvgIpc) is 2.76. The van der Waals surface area contributed by atoms with Crippen LogP contribution in [-0.4, -0.2) is 39.9 Å². The molecular weight excluding hydrogens is 302 g/mol. The number of hydrogen-bond donors (Lipinski definition) is 2. The zero-order chi connectivity index (χ0) is 16.3. The van der Waals surface area contributed by atoms with Gasteiger partial charge in [-0.15, -0.1) is 0 Å². The molecule has 0 spiro atoms. The molecule has 0 unspecified atom stereocenters. The number of hydrogen-bond acceptors (Lipinski definition) is 7. The molecule has 0 aromatic carbocycles. The van der Waals surface area contributed by atoms with Gasteiger partial charge in [0, 0.05) is 13.6 Å². The number of ether oxygens (including phenoxy) is 1. The van der Waals surface area contributed by atoms with E-state index in [1.807, 2.05) is 6.26 Å². The Hall–Kier alpha value is -1.96. The van der Waals surface area contributed by atoms with Crippen LogP contribution in [0, 0.1) is 0 Å². The van der Waals surface area contributed by atoms with Gasteiger partial charge in [0.15, 0.2) is 10.9 Å². The minimum absolute atomic E-state index is 0.294. The molecule has 8 heteroatoms. The summed E-state index contributed by atoms with van der Waals surface area (Å²) in [7, 11) is 1.76. The summed E-state index contributed by atoms with van der Waals surface area (Å²) < 4.78 is 6.75. The van der Waals surface area contributed by atoms with Crippen LogP contribution in [0.5, 0.6) is 0 Å².